The van der Waals surface area contributed by atoms with E-state index in [2.05, 4.69) is 9.97 Å². The maximum atomic E-state index is 12.9. The number of hydrogen-bond acceptors (Lipinski definition) is 3. The second-order valence-electron chi connectivity index (χ2n) is 6.43. The van der Waals surface area contributed by atoms with E-state index in [0.717, 1.165) is 37.3 Å². The van der Waals surface area contributed by atoms with Crippen LogP contribution in [0.3, 0.4) is 0 Å². The predicted molar refractivity (Wildman–Crippen MR) is 91.0 cm³/mol. The second-order valence-corrected chi connectivity index (χ2v) is 6.43. The number of likely N-dealkylation sites (tertiary alicyclic amines) is 1. The average Bonchev–Trinajstić information content (AvgIpc) is 2.60. The van der Waals surface area contributed by atoms with Crippen LogP contribution in [0.15, 0.2) is 39.9 Å². The van der Waals surface area contributed by atoms with Gasteiger partial charge in [-0.1, -0.05) is 12.1 Å². The molecule has 1 aliphatic rings. The molecule has 1 fully saturated rings. The number of halogens is 1. The fraction of sp³-hybridized carbons (Fsp3) is 0.389. The lowest BCUT2D eigenvalue weighted by atomic mass is 9.91. The molecule has 2 aromatic rings. The minimum absolute atomic E-state index is 0.0212. The molecule has 0 spiro atoms. The molecule has 7 heteroatoms. The van der Waals surface area contributed by atoms with Crippen LogP contribution in [0.5, 0.6) is 0 Å². The maximum Gasteiger partial charge on any atom is 0.326 e. The van der Waals surface area contributed by atoms with Gasteiger partial charge in [0, 0.05) is 19.2 Å². The topological polar surface area (TPSA) is 86.0 Å². The zero-order chi connectivity index (χ0) is 17.8. The average molecular weight is 345 g/mol. The van der Waals surface area contributed by atoms with E-state index in [1.165, 1.54) is 12.1 Å². The number of nitrogens with zero attached hydrogens (tertiary/aromatic N) is 1. The van der Waals surface area contributed by atoms with E-state index < -0.39 is 11.2 Å². The van der Waals surface area contributed by atoms with Gasteiger partial charge in [0.15, 0.2) is 0 Å². The fourth-order valence-electron chi connectivity index (χ4n) is 3.26. The molecule has 0 saturated carbocycles. The standard InChI is InChI=1S/C18H20FN3O3/c19-14-7-5-12(6-8-14)3-4-13-2-1-9-22(11-13)17(24)15-10-16(23)21-18(25)20-15/h5-8,10,13H,1-4,9,11H2,(H2,20,21,23,25). The highest BCUT2D eigenvalue weighted by molar-refractivity contribution is 5.92. The Morgan fingerprint density at radius 2 is 1.96 bits per heavy atom. The van der Waals surface area contributed by atoms with Gasteiger partial charge in [0.05, 0.1) is 0 Å². The summed E-state index contributed by atoms with van der Waals surface area (Å²) in [7, 11) is 0. The van der Waals surface area contributed by atoms with Crippen LogP contribution in [-0.2, 0) is 6.42 Å². The summed E-state index contributed by atoms with van der Waals surface area (Å²) in [6.45, 7) is 1.20. The zero-order valence-corrected chi connectivity index (χ0v) is 13.8. The van der Waals surface area contributed by atoms with Gasteiger partial charge in [-0.3, -0.25) is 14.6 Å². The molecule has 0 radical (unpaired) electrons. The summed E-state index contributed by atoms with van der Waals surface area (Å²) in [6, 6.07) is 7.58. The number of amides is 1. The molecule has 2 heterocycles. The van der Waals surface area contributed by atoms with E-state index in [1.54, 1.807) is 17.0 Å². The SMILES string of the molecule is O=C(c1cc(=O)[nH]c(=O)[nH]1)N1CCCC(CCc2ccc(F)cc2)C1. The van der Waals surface area contributed by atoms with Crippen LogP contribution >= 0.6 is 0 Å². The van der Waals surface area contributed by atoms with Crippen molar-refractivity contribution in [1.29, 1.82) is 0 Å². The molecule has 25 heavy (non-hydrogen) atoms. The van der Waals surface area contributed by atoms with Crippen molar-refractivity contribution in [3.8, 4) is 0 Å². The largest absolute Gasteiger partial charge is 0.337 e. The van der Waals surface area contributed by atoms with Crippen molar-refractivity contribution < 1.29 is 9.18 Å². The van der Waals surface area contributed by atoms with E-state index in [1.807, 2.05) is 0 Å². The molecule has 0 bridgehead atoms. The van der Waals surface area contributed by atoms with Crippen LogP contribution < -0.4 is 11.2 Å². The van der Waals surface area contributed by atoms with Crippen LogP contribution in [0.1, 0.15) is 35.3 Å². The number of hydrogen-bond donors (Lipinski definition) is 2. The Kier molecular flexibility index (Phi) is 5.11. The van der Waals surface area contributed by atoms with Gasteiger partial charge in [-0.25, -0.2) is 9.18 Å². The highest BCUT2D eigenvalue weighted by Gasteiger charge is 2.25. The molecule has 1 aromatic heterocycles. The molecule has 1 aliphatic heterocycles. The van der Waals surface area contributed by atoms with Crippen molar-refractivity contribution in [3.63, 3.8) is 0 Å². The second kappa shape index (κ2) is 7.46. The van der Waals surface area contributed by atoms with Gasteiger partial charge in [-0.2, -0.15) is 0 Å². The first-order valence-electron chi connectivity index (χ1n) is 8.38. The summed E-state index contributed by atoms with van der Waals surface area (Å²) in [5.41, 5.74) is -0.172. The van der Waals surface area contributed by atoms with Crippen LogP contribution in [0.25, 0.3) is 0 Å². The number of piperidine rings is 1. The Balaban J connectivity index is 1.62. The van der Waals surface area contributed by atoms with Gasteiger partial charge in [0.25, 0.3) is 11.5 Å². The number of carbonyl (C=O) groups excluding carboxylic acids is 1. The van der Waals surface area contributed by atoms with E-state index in [4.69, 9.17) is 0 Å². The van der Waals surface area contributed by atoms with Crippen LogP contribution in [-0.4, -0.2) is 33.9 Å². The monoisotopic (exact) mass is 345 g/mol. The quantitative estimate of drug-likeness (QED) is 0.884. The number of H-pyrrole nitrogens is 2. The molecular weight excluding hydrogens is 325 g/mol. The van der Waals surface area contributed by atoms with Crippen LogP contribution in [0, 0.1) is 11.7 Å². The smallest absolute Gasteiger partial charge is 0.326 e. The molecule has 1 aromatic carbocycles. The highest BCUT2D eigenvalue weighted by atomic mass is 19.1. The first-order chi connectivity index (χ1) is 12.0. The van der Waals surface area contributed by atoms with Crippen molar-refractivity contribution in [1.82, 2.24) is 14.9 Å². The van der Waals surface area contributed by atoms with E-state index in [9.17, 15) is 18.8 Å². The Labute approximate surface area is 143 Å². The van der Waals surface area contributed by atoms with Gasteiger partial charge < -0.3 is 9.88 Å². The molecule has 1 unspecified atom stereocenters. The zero-order valence-electron chi connectivity index (χ0n) is 13.8. The van der Waals surface area contributed by atoms with Crippen molar-refractivity contribution >= 4 is 5.91 Å². The van der Waals surface area contributed by atoms with E-state index in [0.29, 0.717) is 19.0 Å². The first kappa shape index (κ1) is 17.1. The van der Waals surface area contributed by atoms with Crippen LogP contribution in [0.2, 0.25) is 0 Å². The molecule has 1 amide bonds. The fourth-order valence-corrected chi connectivity index (χ4v) is 3.26. The number of aromatic amines is 2. The summed E-state index contributed by atoms with van der Waals surface area (Å²) in [5.74, 6) is -0.226. The first-order valence-corrected chi connectivity index (χ1v) is 8.38. The maximum absolute atomic E-state index is 12.9. The third-order valence-electron chi connectivity index (χ3n) is 4.55. The number of rotatable bonds is 4. The van der Waals surface area contributed by atoms with E-state index in [-0.39, 0.29) is 17.4 Å². The lowest BCUT2D eigenvalue weighted by Gasteiger charge is -2.32. The van der Waals surface area contributed by atoms with Gasteiger partial charge in [-0.05, 0) is 49.3 Å². The normalized spacial score (nSPS) is 17.5. The lowest BCUT2D eigenvalue weighted by Crippen LogP contribution is -2.41. The summed E-state index contributed by atoms with van der Waals surface area (Å²) in [5, 5.41) is 0. The molecule has 132 valence electrons. The van der Waals surface area contributed by atoms with Crippen molar-refractivity contribution in [2.45, 2.75) is 25.7 Å². The molecule has 1 saturated heterocycles. The van der Waals surface area contributed by atoms with Crippen molar-refractivity contribution in [3.05, 3.63) is 68.2 Å². The van der Waals surface area contributed by atoms with Gasteiger partial charge in [0.1, 0.15) is 11.5 Å². The van der Waals surface area contributed by atoms with E-state index >= 15 is 0 Å². The molecule has 0 aliphatic carbocycles. The minimum Gasteiger partial charge on any atom is -0.337 e. The number of benzene rings is 1. The minimum atomic E-state index is -0.680. The lowest BCUT2D eigenvalue weighted by molar-refractivity contribution is 0.0661. The Bertz CT molecular complexity index is 829. The molecular formula is C18H20FN3O3. The Morgan fingerprint density at radius 1 is 1.20 bits per heavy atom. The summed E-state index contributed by atoms with van der Waals surface area (Å²) in [4.78, 5) is 41.4. The molecule has 6 nitrogen and oxygen atoms in total. The van der Waals surface area contributed by atoms with Gasteiger partial charge >= 0.3 is 5.69 Å². The third kappa shape index (κ3) is 4.43. The van der Waals surface area contributed by atoms with Crippen molar-refractivity contribution in [2.24, 2.45) is 5.92 Å². The van der Waals surface area contributed by atoms with Crippen molar-refractivity contribution in [2.75, 3.05) is 13.1 Å². The number of aromatic nitrogens is 2. The predicted octanol–water partition coefficient (Wildman–Crippen LogP) is 1.69. The van der Waals surface area contributed by atoms with Crippen LogP contribution in [0.4, 0.5) is 4.39 Å². The Hall–Kier alpha value is -2.70. The number of nitrogens with one attached hydrogen (secondary N) is 2. The number of carbonyl (C=O) groups is 1. The molecule has 1 atom stereocenters. The number of aryl methyl sites for hydroxylation is 1. The summed E-state index contributed by atoms with van der Waals surface area (Å²) in [6.07, 6.45) is 3.64. The molecule has 3 rings (SSSR count). The molecule has 2 N–H and O–H groups in total. The van der Waals surface area contributed by atoms with Gasteiger partial charge in [-0.15, -0.1) is 0 Å². The third-order valence-corrected chi connectivity index (χ3v) is 4.55. The summed E-state index contributed by atoms with van der Waals surface area (Å²) < 4.78 is 12.9. The summed E-state index contributed by atoms with van der Waals surface area (Å²) >= 11 is 0. The van der Waals surface area contributed by atoms with Gasteiger partial charge in [0.2, 0.25) is 0 Å². The Morgan fingerprint density at radius 3 is 2.68 bits per heavy atom. The highest BCUT2D eigenvalue weighted by Crippen LogP contribution is 2.22.